The van der Waals surface area contributed by atoms with Gasteiger partial charge in [0.15, 0.2) is 0 Å². The van der Waals surface area contributed by atoms with Crippen LogP contribution >= 0.6 is 0 Å². The molecule has 0 aliphatic carbocycles. The van der Waals surface area contributed by atoms with Crippen molar-refractivity contribution in [1.29, 1.82) is 0 Å². The largest absolute Gasteiger partial charge is 0.387 e. The lowest BCUT2D eigenvalue weighted by Crippen LogP contribution is -2.36. The van der Waals surface area contributed by atoms with Crippen LogP contribution in [0.1, 0.15) is 53.9 Å². The maximum absolute atomic E-state index is 9.83. The van der Waals surface area contributed by atoms with Crippen LogP contribution in [0.15, 0.2) is 35.5 Å². The fraction of sp³-hybridized carbons (Fsp3) is 0.625. The van der Waals surface area contributed by atoms with Crippen LogP contribution in [0, 0.1) is 0 Å². The van der Waals surface area contributed by atoms with Crippen molar-refractivity contribution in [3.8, 4) is 0 Å². The lowest BCUT2D eigenvalue weighted by molar-refractivity contribution is -0.0399. The average Bonchev–Trinajstić information content (AvgIpc) is 2.28. The highest BCUT2D eigenvalue weighted by molar-refractivity contribution is 5.14. The zero-order valence-electron chi connectivity index (χ0n) is 12.4. The molecule has 0 aliphatic rings. The van der Waals surface area contributed by atoms with Gasteiger partial charge in [-0.1, -0.05) is 42.4 Å². The van der Waals surface area contributed by atoms with Crippen LogP contribution in [-0.4, -0.2) is 21.9 Å². The van der Waals surface area contributed by atoms with Gasteiger partial charge in [-0.3, -0.25) is 0 Å². The molecule has 0 aliphatic heterocycles. The summed E-state index contributed by atoms with van der Waals surface area (Å²) in [7, 11) is 0. The molecule has 0 rings (SSSR count). The summed E-state index contributed by atoms with van der Waals surface area (Å²) in [5, 5.41) is 19.6. The average molecular weight is 252 g/mol. The molecule has 104 valence electrons. The Morgan fingerprint density at radius 3 is 2.39 bits per heavy atom. The van der Waals surface area contributed by atoms with Crippen molar-refractivity contribution in [2.24, 2.45) is 0 Å². The lowest BCUT2D eigenvalue weighted by atomic mass is 9.96. The fourth-order valence-electron chi connectivity index (χ4n) is 1.41. The summed E-state index contributed by atoms with van der Waals surface area (Å²) in [6.07, 6.45) is 9.47. The van der Waals surface area contributed by atoms with Crippen LogP contribution in [-0.2, 0) is 0 Å². The number of allylic oxidation sites excluding steroid dienone is 5. The lowest BCUT2D eigenvalue weighted by Gasteiger charge is -2.25. The normalized spacial score (nSPS) is 17.6. The van der Waals surface area contributed by atoms with Crippen LogP contribution in [0.25, 0.3) is 0 Å². The molecular formula is C16H28O2. The molecule has 0 aromatic heterocycles. The molecule has 0 saturated heterocycles. The first kappa shape index (κ1) is 17.1. The van der Waals surface area contributed by atoms with E-state index in [1.165, 1.54) is 11.1 Å². The van der Waals surface area contributed by atoms with E-state index in [0.29, 0.717) is 6.42 Å². The van der Waals surface area contributed by atoms with Gasteiger partial charge in [-0.2, -0.15) is 0 Å². The zero-order valence-corrected chi connectivity index (χ0v) is 12.4. The predicted octanol–water partition coefficient (Wildman–Crippen LogP) is 3.76. The molecule has 0 fully saturated rings. The van der Waals surface area contributed by atoms with Crippen molar-refractivity contribution in [1.82, 2.24) is 0 Å². The van der Waals surface area contributed by atoms with Crippen LogP contribution in [0.3, 0.4) is 0 Å². The minimum Gasteiger partial charge on any atom is -0.387 e. The van der Waals surface area contributed by atoms with Crippen LogP contribution in [0.2, 0.25) is 0 Å². The molecule has 2 nitrogen and oxygen atoms in total. The Hall–Kier alpha value is -0.860. The van der Waals surface area contributed by atoms with Gasteiger partial charge in [-0.25, -0.2) is 0 Å². The van der Waals surface area contributed by atoms with E-state index in [-0.39, 0.29) is 0 Å². The molecule has 2 unspecified atom stereocenters. The molecule has 2 heteroatoms. The Labute approximate surface area is 112 Å². The first-order valence-electron chi connectivity index (χ1n) is 6.67. The van der Waals surface area contributed by atoms with Crippen molar-refractivity contribution in [2.75, 3.05) is 0 Å². The number of aliphatic hydroxyl groups is 2. The molecule has 0 heterocycles. The van der Waals surface area contributed by atoms with E-state index in [4.69, 9.17) is 0 Å². The molecule has 0 saturated carbocycles. The van der Waals surface area contributed by atoms with E-state index >= 15 is 0 Å². The Balaban J connectivity index is 4.24. The van der Waals surface area contributed by atoms with Crippen LogP contribution in [0.4, 0.5) is 0 Å². The highest BCUT2D eigenvalue weighted by Gasteiger charge is 2.25. The summed E-state index contributed by atoms with van der Waals surface area (Å²) in [6, 6.07) is 0. The number of hydrogen-bond acceptors (Lipinski definition) is 2. The summed E-state index contributed by atoms with van der Waals surface area (Å²) in [4.78, 5) is 0. The second-order valence-electron chi connectivity index (χ2n) is 5.37. The monoisotopic (exact) mass is 252 g/mol. The molecule has 0 spiro atoms. The third-order valence-corrected chi connectivity index (χ3v) is 3.12. The van der Waals surface area contributed by atoms with E-state index in [2.05, 4.69) is 26.8 Å². The first-order chi connectivity index (χ1) is 8.29. The van der Waals surface area contributed by atoms with Crippen LogP contribution in [0.5, 0.6) is 0 Å². The van der Waals surface area contributed by atoms with Gasteiger partial charge in [-0.05, 0) is 47.0 Å². The maximum Gasteiger partial charge on any atom is 0.101 e. The molecule has 2 atom stereocenters. The number of rotatable bonds is 7. The summed E-state index contributed by atoms with van der Waals surface area (Å²) in [5.41, 5.74) is 1.57. The van der Waals surface area contributed by atoms with Gasteiger partial charge in [-0.15, -0.1) is 0 Å². The van der Waals surface area contributed by atoms with Crippen molar-refractivity contribution < 1.29 is 10.2 Å². The third kappa shape index (κ3) is 7.46. The van der Waals surface area contributed by atoms with Crippen molar-refractivity contribution in [3.63, 3.8) is 0 Å². The highest BCUT2D eigenvalue weighted by atomic mass is 16.3. The van der Waals surface area contributed by atoms with Gasteiger partial charge in [0, 0.05) is 0 Å². The quantitative estimate of drug-likeness (QED) is 0.535. The van der Waals surface area contributed by atoms with Gasteiger partial charge in [0.05, 0.1) is 5.60 Å². The highest BCUT2D eigenvalue weighted by Crippen LogP contribution is 2.15. The minimum atomic E-state index is -1.04. The Kier molecular flexibility index (Phi) is 7.88. The molecule has 2 N–H and O–H groups in total. The molecule has 0 aromatic rings. The molecule has 0 aromatic carbocycles. The third-order valence-electron chi connectivity index (χ3n) is 3.12. The SMILES string of the molecule is CCC(C)(O)C(O)/C=C/C=C(\C)CCC=C(C)C. The van der Waals surface area contributed by atoms with Crippen molar-refractivity contribution in [3.05, 3.63) is 35.5 Å². The molecule has 0 radical (unpaired) electrons. The predicted molar refractivity (Wildman–Crippen MR) is 78.5 cm³/mol. The summed E-state index contributed by atoms with van der Waals surface area (Å²) >= 11 is 0. The second kappa shape index (κ2) is 8.28. The Bertz CT molecular complexity index is 318. The van der Waals surface area contributed by atoms with E-state index in [9.17, 15) is 10.2 Å². The second-order valence-corrected chi connectivity index (χ2v) is 5.37. The first-order valence-corrected chi connectivity index (χ1v) is 6.67. The standard InChI is InChI=1S/C16H28O2/c1-6-16(5,18)15(17)12-8-11-14(4)10-7-9-13(2)3/h8-9,11-12,15,17-18H,6-7,10H2,1-5H3/b12-8+,14-11+. The summed E-state index contributed by atoms with van der Waals surface area (Å²) in [5.74, 6) is 0. The van der Waals surface area contributed by atoms with Gasteiger partial charge >= 0.3 is 0 Å². The van der Waals surface area contributed by atoms with Crippen molar-refractivity contribution in [2.45, 2.75) is 65.6 Å². The maximum atomic E-state index is 9.83. The molecule has 0 amide bonds. The van der Waals surface area contributed by atoms with E-state index in [1.807, 2.05) is 19.1 Å². The molecular weight excluding hydrogens is 224 g/mol. The Morgan fingerprint density at radius 1 is 1.28 bits per heavy atom. The van der Waals surface area contributed by atoms with Gasteiger partial charge < -0.3 is 10.2 Å². The minimum absolute atomic E-state index is 0.530. The topological polar surface area (TPSA) is 40.5 Å². The molecule has 18 heavy (non-hydrogen) atoms. The van der Waals surface area contributed by atoms with E-state index in [1.54, 1.807) is 13.0 Å². The van der Waals surface area contributed by atoms with Crippen LogP contribution < -0.4 is 0 Å². The summed E-state index contributed by atoms with van der Waals surface area (Å²) < 4.78 is 0. The number of hydrogen-bond donors (Lipinski definition) is 2. The zero-order chi connectivity index (χ0) is 14.2. The van der Waals surface area contributed by atoms with E-state index < -0.39 is 11.7 Å². The van der Waals surface area contributed by atoms with Crippen molar-refractivity contribution >= 4 is 0 Å². The van der Waals surface area contributed by atoms with Gasteiger partial charge in [0.2, 0.25) is 0 Å². The summed E-state index contributed by atoms with van der Waals surface area (Å²) in [6.45, 7) is 9.78. The van der Waals surface area contributed by atoms with Gasteiger partial charge in [0.1, 0.15) is 6.10 Å². The smallest absolute Gasteiger partial charge is 0.101 e. The fourth-order valence-corrected chi connectivity index (χ4v) is 1.41. The Morgan fingerprint density at radius 2 is 1.89 bits per heavy atom. The number of aliphatic hydroxyl groups excluding tert-OH is 1. The van der Waals surface area contributed by atoms with E-state index in [0.717, 1.165) is 12.8 Å². The molecule has 0 bridgehead atoms. The van der Waals surface area contributed by atoms with Gasteiger partial charge in [0.25, 0.3) is 0 Å².